The van der Waals surface area contributed by atoms with Gasteiger partial charge in [0.25, 0.3) is 10.9 Å². The average Bonchev–Trinajstić information content (AvgIpc) is 2.78. The maximum atomic E-state index is 12.4. The van der Waals surface area contributed by atoms with Crippen LogP contribution < -0.4 is 20.7 Å². The van der Waals surface area contributed by atoms with E-state index in [9.17, 15) is 14.4 Å². The van der Waals surface area contributed by atoms with Crippen LogP contribution in [-0.2, 0) is 16.0 Å². The van der Waals surface area contributed by atoms with E-state index in [0.29, 0.717) is 37.0 Å². The number of ether oxygens (including phenoxy) is 1. The molecule has 0 unspecified atom stereocenters. The fourth-order valence-corrected chi connectivity index (χ4v) is 4.90. The third kappa shape index (κ3) is 4.13. The summed E-state index contributed by atoms with van der Waals surface area (Å²) in [5, 5.41) is 0. The van der Waals surface area contributed by atoms with Gasteiger partial charge in [0.05, 0.1) is 12.5 Å². The summed E-state index contributed by atoms with van der Waals surface area (Å²) in [6, 6.07) is 10.5. The van der Waals surface area contributed by atoms with E-state index in [2.05, 4.69) is 29.2 Å². The van der Waals surface area contributed by atoms with Crippen molar-refractivity contribution in [3.63, 3.8) is 0 Å². The van der Waals surface area contributed by atoms with Gasteiger partial charge in [0, 0.05) is 26.2 Å². The maximum absolute atomic E-state index is 12.4. The molecule has 160 valence electrons. The Morgan fingerprint density at radius 3 is 2.30 bits per heavy atom. The summed E-state index contributed by atoms with van der Waals surface area (Å²) in [5.41, 5.74) is 1.67. The van der Waals surface area contributed by atoms with Crippen molar-refractivity contribution in [1.29, 1.82) is 0 Å². The van der Waals surface area contributed by atoms with Crippen LogP contribution in [0.2, 0.25) is 0 Å². The van der Waals surface area contributed by atoms with Gasteiger partial charge in [-0.25, -0.2) is 0 Å². The monoisotopic (exact) mass is 410 g/mol. The fraction of sp³-hybridized carbons (Fsp3) is 0.542. The van der Waals surface area contributed by atoms with Crippen LogP contribution in [0.15, 0.2) is 39.9 Å². The maximum Gasteiger partial charge on any atom is 0.310 e. The molecule has 30 heavy (non-hydrogen) atoms. The van der Waals surface area contributed by atoms with Crippen LogP contribution in [0.1, 0.15) is 38.2 Å². The van der Waals surface area contributed by atoms with Crippen molar-refractivity contribution in [2.24, 2.45) is 11.8 Å². The molecule has 2 saturated heterocycles. The van der Waals surface area contributed by atoms with Crippen LogP contribution in [0.25, 0.3) is 0 Å². The molecule has 2 aliphatic rings. The van der Waals surface area contributed by atoms with E-state index in [0.717, 1.165) is 45.2 Å². The lowest BCUT2D eigenvalue weighted by Gasteiger charge is -2.39. The summed E-state index contributed by atoms with van der Waals surface area (Å²) in [6.07, 6.45) is 4.67. The first kappa shape index (κ1) is 20.6. The first-order valence-electron chi connectivity index (χ1n) is 11.1. The van der Waals surface area contributed by atoms with E-state index in [1.807, 2.05) is 11.0 Å². The molecule has 1 atom stereocenters. The first-order chi connectivity index (χ1) is 14.6. The minimum atomic E-state index is -0.402. The number of hydrogen-bond donors (Lipinski definition) is 0. The Hall–Kier alpha value is -2.63. The largest absolute Gasteiger partial charge is 0.466 e. The second kappa shape index (κ2) is 9.02. The molecule has 0 N–H and O–H groups in total. The smallest absolute Gasteiger partial charge is 0.310 e. The van der Waals surface area contributed by atoms with E-state index < -0.39 is 5.43 Å². The van der Waals surface area contributed by atoms with Gasteiger partial charge >= 0.3 is 5.97 Å². The molecule has 2 fully saturated rings. The summed E-state index contributed by atoms with van der Waals surface area (Å²) >= 11 is 0. The van der Waals surface area contributed by atoms with Gasteiger partial charge in [-0.15, -0.1) is 0 Å². The number of benzene rings is 1. The molecule has 0 aliphatic carbocycles. The van der Waals surface area contributed by atoms with E-state index in [1.165, 1.54) is 5.56 Å². The summed E-state index contributed by atoms with van der Waals surface area (Å²) in [5.74, 6) is 0.165. The highest BCUT2D eigenvalue weighted by Gasteiger charge is 2.35. The van der Waals surface area contributed by atoms with Crippen LogP contribution in [0, 0.1) is 11.8 Å². The summed E-state index contributed by atoms with van der Waals surface area (Å²) in [4.78, 5) is 41.1. The van der Waals surface area contributed by atoms with E-state index in [1.54, 1.807) is 6.92 Å². The molecule has 2 heterocycles. The molecule has 2 aromatic rings. The average molecular weight is 411 g/mol. The van der Waals surface area contributed by atoms with Gasteiger partial charge in [0.1, 0.15) is 11.4 Å². The molecule has 0 saturated carbocycles. The van der Waals surface area contributed by atoms with E-state index >= 15 is 0 Å². The zero-order chi connectivity index (χ0) is 21.1. The Kier molecular flexibility index (Phi) is 6.21. The summed E-state index contributed by atoms with van der Waals surface area (Å²) in [7, 11) is 0. The second-order valence-electron chi connectivity index (χ2n) is 8.51. The number of piperidine rings is 2. The van der Waals surface area contributed by atoms with Crippen molar-refractivity contribution < 1.29 is 9.53 Å². The topological polar surface area (TPSA) is 66.9 Å². The Labute approximate surface area is 177 Å². The fourth-order valence-electron chi connectivity index (χ4n) is 4.90. The minimum absolute atomic E-state index is 0.204. The summed E-state index contributed by atoms with van der Waals surface area (Å²) < 4.78 is 5.17. The van der Waals surface area contributed by atoms with Crippen LogP contribution >= 0.6 is 0 Å². The molecule has 0 aromatic heterocycles. The number of esters is 1. The molecule has 2 aromatic carbocycles. The Balaban J connectivity index is 1.42. The Morgan fingerprint density at radius 2 is 1.63 bits per heavy atom. The third-order valence-electron chi connectivity index (χ3n) is 6.52. The summed E-state index contributed by atoms with van der Waals surface area (Å²) in [6.45, 7) is 4.92. The highest BCUT2D eigenvalue weighted by Crippen LogP contribution is 2.32. The molecule has 0 amide bonds. The molecule has 6 heteroatoms. The normalized spacial score (nSPS) is 20.5. The van der Waals surface area contributed by atoms with Gasteiger partial charge in [0.2, 0.25) is 0 Å². The predicted molar refractivity (Wildman–Crippen MR) is 118 cm³/mol. The number of hydrogen-bond acceptors (Lipinski definition) is 6. The predicted octanol–water partition coefficient (Wildman–Crippen LogP) is 2.52. The highest BCUT2D eigenvalue weighted by atomic mass is 16.5. The molecule has 0 spiro atoms. The Bertz CT molecular complexity index is 940. The molecule has 4 rings (SSSR count). The van der Waals surface area contributed by atoms with Crippen molar-refractivity contribution in [2.75, 3.05) is 42.6 Å². The second-order valence-corrected chi connectivity index (χ2v) is 8.51. The van der Waals surface area contributed by atoms with Crippen LogP contribution in [0.5, 0.6) is 0 Å². The highest BCUT2D eigenvalue weighted by molar-refractivity contribution is 5.78. The standard InChI is InChI=1S/C24H30N2O4/c1-2-30-24(29)19-9-6-12-26(16-19)21-20(22(27)23(21)28)25-13-10-18(11-14-25)15-17-7-4-3-5-8-17/h3-5,7-8,18-19H,2,6,9-16H2,1H3/t19-/m0/s1. The number of carbonyl (C=O) groups is 1. The lowest BCUT2D eigenvalue weighted by atomic mass is 9.89. The number of rotatable bonds is 6. The number of nitrogens with zero attached hydrogens (tertiary/aromatic N) is 2. The van der Waals surface area contributed by atoms with Gasteiger partial charge in [-0.1, -0.05) is 30.3 Å². The van der Waals surface area contributed by atoms with Gasteiger partial charge in [-0.3, -0.25) is 14.4 Å². The minimum Gasteiger partial charge on any atom is -0.466 e. The van der Waals surface area contributed by atoms with Gasteiger partial charge in [-0.2, -0.15) is 0 Å². The van der Waals surface area contributed by atoms with Crippen LogP contribution in [-0.4, -0.2) is 38.8 Å². The van der Waals surface area contributed by atoms with Crippen LogP contribution in [0.4, 0.5) is 11.4 Å². The lowest BCUT2D eigenvalue weighted by Crippen LogP contribution is -2.51. The van der Waals surface area contributed by atoms with Crippen molar-refractivity contribution >= 4 is 17.3 Å². The van der Waals surface area contributed by atoms with Crippen molar-refractivity contribution in [3.8, 4) is 0 Å². The molecular weight excluding hydrogens is 380 g/mol. The third-order valence-corrected chi connectivity index (χ3v) is 6.52. The quantitative estimate of drug-likeness (QED) is 0.539. The first-order valence-corrected chi connectivity index (χ1v) is 11.1. The molecule has 0 bridgehead atoms. The van der Waals surface area contributed by atoms with Gasteiger partial charge < -0.3 is 14.5 Å². The number of carbonyl (C=O) groups excluding carboxylic acids is 1. The Morgan fingerprint density at radius 1 is 0.967 bits per heavy atom. The SMILES string of the molecule is CCOC(=O)[C@H]1CCCN(c2c(N3CCC(Cc4ccccc4)CC3)c(=O)c2=O)C1. The zero-order valence-electron chi connectivity index (χ0n) is 17.6. The molecular formula is C24H30N2O4. The number of anilines is 2. The van der Waals surface area contributed by atoms with Crippen LogP contribution in [0.3, 0.4) is 0 Å². The van der Waals surface area contributed by atoms with Crippen molar-refractivity contribution in [2.45, 2.75) is 39.0 Å². The molecule has 0 radical (unpaired) electrons. The van der Waals surface area contributed by atoms with Gasteiger partial charge in [-0.05, 0) is 50.5 Å². The molecule has 2 aliphatic heterocycles. The van der Waals surface area contributed by atoms with Gasteiger partial charge in [0.15, 0.2) is 0 Å². The van der Waals surface area contributed by atoms with Crippen molar-refractivity contribution in [1.82, 2.24) is 0 Å². The lowest BCUT2D eigenvalue weighted by molar-refractivity contribution is -0.148. The van der Waals surface area contributed by atoms with E-state index in [-0.39, 0.29) is 17.3 Å². The van der Waals surface area contributed by atoms with E-state index in [4.69, 9.17) is 4.74 Å². The molecule has 6 nitrogen and oxygen atoms in total. The van der Waals surface area contributed by atoms with Crippen molar-refractivity contribution in [3.05, 3.63) is 56.3 Å². The zero-order valence-corrected chi connectivity index (χ0v) is 17.6.